The molecule has 4 aromatic rings. The van der Waals surface area contributed by atoms with E-state index in [1.165, 1.54) is 35.9 Å². The Bertz CT molecular complexity index is 1380. The number of nitrogens with zero attached hydrogens (tertiary/aromatic N) is 3. The summed E-state index contributed by atoms with van der Waals surface area (Å²) in [7, 11) is 2.93. The first-order valence-electron chi connectivity index (χ1n) is 9.27. The molecular formula is C22H19FN4O3. The third-order valence-corrected chi connectivity index (χ3v) is 5.03. The Kier molecular flexibility index (Phi) is 4.83. The molecule has 0 aliphatic carbocycles. The SMILES string of the molecule is Cn1c(=O)c2cc(C(=O)Nc3ccccc3F)n(Cc3ccccc3)c2n(C)c1=O. The maximum atomic E-state index is 14.0. The Morgan fingerprint density at radius 1 is 0.967 bits per heavy atom. The summed E-state index contributed by atoms with van der Waals surface area (Å²) in [5.41, 5.74) is 0.380. The van der Waals surface area contributed by atoms with Crippen molar-refractivity contribution >= 4 is 22.6 Å². The van der Waals surface area contributed by atoms with E-state index in [2.05, 4.69) is 5.32 Å². The third-order valence-electron chi connectivity index (χ3n) is 5.03. The molecule has 0 unspecified atom stereocenters. The molecule has 2 aromatic heterocycles. The fourth-order valence-corrected chi connectivity index (χ4v) is 3.50. The second kappa shape index (κ2) is 7.47. The van der Waals surface area contributed by atoms with E-state index < -0.39 is 23.0 Å². The number of anilines is 1. The van der Waals surface area contributed by atoms with Gasteiger partial charge in [0, 0.05) is 20.6 Å². The second-order valence-electron chi connectivity index (χ2n) is 6.98. The van der Waals surface area contributed by atoms with Gasteiger partial charge in [0.2, 0.25) is 0 Å². The van der Waals surface area contributed by atoms with E-state index in [9.17, 15) is 18.8 Å². The first-order valence-corrected chi connectivity index (χ1v) is 9.27. The Labute approximate surface area is 170 Å². The van der Waals surface area contributed by atoms with E-state index in [1.54, 1.807) is 17.7 Å². The van der Waals surface area contributed by atoms with Crippen molar-refractivity contribution in [2.24, 2.45) is 14.1 Å². The van der Waals surface area contributed by atoms with Gasteiger partial charge in [0.15, 0.2) is 0 Å². The lowest BCUT2D eigenvalue weighted by Gasteiger charge is -2.13. The highest BCUT2D eigenvalue weighted by Gasteiger charge is 2.22. The Hall–Kier alpha value is -3.94. The lowest BCUT2D eigenvalue weighted by molar-refractivity contribution is 0.101. The molecule has 152 valence electrons. The number of halogens is 1. The van der Waals surface area contributed by atoms with Crippen molar-refractivity contribution in [3.8, 4) is 0 Å². The van der Waals surface area contributed by atoms with E-state index in [4.69, 9.17) is 0 Å². The molecule has 7 nitrogen and oxygen atoms in total. The van der Waals surface area contributed by atoms with Gasteiger partial charge in [-0.25, -0.2) is 9.18 Å². The molecule has 0 atom stereocenters. The topological polar surface area (TPSA) is 78.0 Å². The molecule has 2 heterocycles. The number of hydrogen-bond donors (Lipinski definition) is 1. The normalized spacial score (nSPS) is 11.0. The maximum Gasteiger partial charge on any atom is 0.332 e. The lowest BCUT2D eigenvalue weighted by Crippen LogP contribution is -2.37. The van der Waals surface area contributed by atoms with Crippen LogP contribution in [-0.2, 0) is 20.6 Å². The minimum atomic E-state index is -0.582. The van der Waals surface area contributed by atoms with Crippen LogP contribution in [0.3, 0.4) is 0 Å². The summed E-state index contributed by atoms with van der Waals surface area (Å²) in [5, 5.41) is 2.78. The number of nitrogens with one attached hydrogen (secondary N) is 1. The van der Waals surface area contributed by atoms with E-state index in [0.717, 1.165) is 10.1 Å². The molecule has 30 heavy (non-hydrogen) atoms. The highest BCUT2D eigenvalue weighted by Crippen LogP contribution is 2.20. The smallest absolute Gasteiger partial charge is 0.318 e. The fraction of sp³-hybridized carbons (Fsp3) is 0.136. The molecule has 4 rings (SSSR count). The van der Waals surface area contributed by atoms with Crippen LogP contribution in [0.15, 0.2) is 70.3 Å². The van der Waals surface area contributed by atoms with Crippen LogP contribution in [0, 0.1) is 5.82 Å². The molecule has 0 saturated heterocycles. The van der Waals surface area contributed by atoms with Crippen molar-refractivity contribution < 1.29 is 9.18 Å². The van der Waals surface area contributed by atoms with Crippen molar-refractivity contribution in [1.82, 2.24) is 13.7 Å². The lowest BCUT2D eigenvalue weighted by atomic mass is 10.2. The van der Waals surface area contributed by atoms with Crippen molar-refractivity contribution in [2.45, 2.75) is 6.54 Å². The van der Waals surface area contributed by atoms with Crippen molar-refractivity contribution in [2.75, 3.05) is 5.32 Å². The van der Waals surface area contributed by atoms with Gasteiger partial charge in [0.25, 0.3) is 11.5 Å². The number of para-hydroxylation sites is 1. The number of hydrogen-bond acceptors (Lipinski definition) is 3. The van der Waals surface area contributed by atoms with Gasteiger partial charge in [-0.3, -0.25) is 18.7 Å². The Balaban J connectivity index is 1.93. The molecule has 1 N–H and O–H groups in total. The van der Waals surface area contributed by atoms with Crippen molar-refractivity contribution in [3.63, 3.8) is 0 Å². The molecule has 0 spiro atoms. The Morgan fingerprint density at radius 3 is 2.33 bits per heavy atom. The summed E-state index contributed by atoms with van der Waals surface area (Å²) >= 11 is 0. The summed E-state index contributed by atoms with van der Waals surface area (Å²) in [4.78, 5) is 38.2. The molecule has 1 amide bonds. The molecule has 0 saturated carbocycles. The second-order valence-corrected chi connectivity index (χ2v) is 6.98. The monoisotopic (exact) mass is 406 g/mol. The molecule has 8 heteroatoms. The van der Waals surface area contributed by atoms with Gasteiger partial charge in [-0.2, -0.15) is 0 Å². The summed E-state index contributed by atoms with van der Waals surface area (Å²) in [6.45, 7) is 0.255. The van der Waals surface area contributed by atoms with Crippen LogP contribution in [0.25, 0.3) is 11.0 Å². The number of benzene rings is 2. The van der Waals surface area contributed by atoms with E-state index >= 15 is 0 Å². The molecule has 0 aliphatic heterocycles. The van der Waals surface area contributed by atoms with Crippen molar-refractivity contribution in [3.05, 3.63) is 98.6 Å². The average molecular weight is 406 g/mol. The van der Waals surface area contributed by atoms with E-state index in [0.29, 0.717) is 5.65 Å². The van der Waals surface area contributed by atoms with Gasteiger partial charge in [0.1, 0.15) is 17.2 Å². The summed E-state index contributed by atoms with van der Waals surface area (Å²) in [6, 6.07) is 16.6. The van der Waals surface area contributed by atoms with Crippen LogP contribution < -0.4 is 16.6 Å². The van der Waals surface area contributed by atoms with Crippen molar-refractivity contribution in [1.29, 1.82) is 0 Å². The van der Waals surface area contributed by atoms with Crippen LogP contribution in [-0.4, -0.2) is 19.6 Å². The fourth-order valence-electron chi connectivity index (χ4n) is 3.50. The number of carbonyl (C=O) groups is 1. The predicted octanol–water partition coefficient (Wildman–Crippen LogP) is 2.48. The largest absolute Gasteiger partial charge is 0.332 e. The number of aromatic nitrogens is 3. The van der Waals surface area contributed by atoms with Gasteiger partial charge in [0.05, 0.1) is 11.1 Å². The first kappa shape index (κ1) is 19.4. The number of fused-ring (bicyclic) bond motifs is 1. The van der Waals surface area contributed by atoms with Gasteiger partial charge >= 0.3 is 5.69 Å². The molecular weight excluding hydrogens is 387 g/mol. The quantitative estimate of drug-likeness (QED) is 0.566. The molecule has 0 fully saturated rings. The minimum Gasteiger partial charge on any atom is -0.318 e. The van der Waals surface area contributed by atoms with Gasteiger partial charge < -0.3 is 9.88 Å². The number of aryl methyl sites for hydroxylation is 1. The average Bonchev–Trinajstić information content (AvgIpc) is 3.12. The number of rotatable bonds is 4. The highest BCUT2D eigenvalue weighted by atomic mass is 19.1. The zero-order valence-corrected chi connectivity index (χ0v) is 16.4. The third kappa shape index (κ3) is 3.22. The number of carbonyl (C=O) groups excluding carboxylic acids is 1. The summed E-state index contributed by atoms with van der Waals surface area (Å²) in [6.07, 6.45) is 0. The molecule has 0 aliphatic rings. The van der Waals surface area contributed by atoms with Crippen LogP contribution >= 0.6 is 0 Å². The van der Waals surface area contributed by atoms with Crippen LogP contribution in [0.4, 0.5) is 10.1 Å². The van der Waals surface area contributed by atoms with Gasteiger partial charge in [-0.15, -0.1) is 0 Å². The molecule has 0 bridgehead atoms. The predicted molar refractivity (Wildman–Crippen MR) is 112 cm³/mol. The van der Waals surface area contributed by atoms with Crippen LogP contribution in [0.5, 0.6) is 0 Å². The molecule has 2 aromatic carbocycles. The van der Waals surface area contributed by atoms with E-state index in [1.807, 2.05) is 30.3 Å². The van der Waals surface area contributed by atoms with Gasteiger partial charge in [-0.05, 0) is 23.8 Å². The zero-order chi connectivity index (χ0) is 21.4. The summed E-state index contributed by atoms with van der Waals surface area (Å²) in [5.74, 6) is -1.15. The molecule has 0 radical (unpaired) electrons. The maximum absolute atomic E-state index is 14.0. The van der Waals surface area contributed by atoms with Crippen LogP contribution in [0.1, 0.15) is 16.1 Å². The van der Waals surface area contributed by atoms with E-state index in [-0.39, 0.29) is 23.3 Å². The first-order chi connectivity index (χ1) is 14.4. The standard InChI is InChI=1S/C22H19FN4O3/c1-25-20-15(21(29)26(2)22(25)30)12-18(27(20)13-14-8-4-3-5-9-14)19(28)24-17-11-7-6-10-16(17)23/h3-12H,13H2,1-2H3,(H,24,28). The highest BCUT2D eigenvalue weighted by molar-refractivity contribution is 6.06. The summed E-state index contributed by atoms with van der Waals surface area (Å²) < 4.78 is 18.0. The Morgan fingerprint density at radius 2 is 1.63 bits per heavy atom. The van der Waals surface area contributed by atoms with Crippen LogP contribution in [0.2, 0.25) is 0 Å². The minimum absolute atomic E-state index is 0.0285. The zero-order valence-electron chi connectivity index (χ0n) is 16.4. The number of amides is 1. The van der Waals surface area contributed by atoms with Gasteiger partial charge in [-0.1, -0.05) is 42.5 Å².